The van der Waals surface area contributed by atoms with Crippen molar-refractivity contribution in [1.82, 2.24) is 9.55 Å². The highest BCUT2D eigenvalue weighted by Crippen LogP contribution is 2.20. The number of nitrogens with one attached hydrogen (secondary N) is 1. The third-order valence-electron chi connectivity index (χ3n) is 2.66. The summed E-state index contributed by atoms with van der Waals surface area (Å²) in [5, 5.41) is 3.08. The number of hydrogen-bond donors (Lipinski definition) is 1. The van der Waals surface area contributed by atoms with E-state index in [0.717, 1.165) is 0 Å². The van der Waals surface area contributed by atoms with Gasteiger partial charge in [0, 0.05) is 29.2 Å². The summed E-state index contributed by atoms with van der Waals surface area (Å²) >= 11 is 1.74. The first kappa shape index (κ1) is 11.9. The Hall–Kier alpha value is -1.62. The molecular formula is C12H15N3OS. The number of rotatable bonds is 3. The SMILES string of the molecule is Cc1cc(CNc2nccn(C)c2=O)sc1C. The molecule has 0 aliphatic rings. The summed E-state index contributed by atoms with van der Waals surface area (Å²) in [6.45, 7) is 4.84. The summed E-state index contributed by atoms with van der Waals surface area (Å²) in [6, 6.07) is 2.14. The minimum atomic E-state index is -0.0995. The van der Waals surface area contributed by atoms with Gasteiger partial charge in [0.15, 0.2) is 5.82 Å². The molecule has 0 saturated heterocycles. The summed E-state index contributed by atoms with van der Waals surface area (Å²) in [7, 11) is 1.72. The number of hydrogen-bond acceptors (Lipinski definition) is 4. The lowest BCUT2D eigenvalue weighted by Crippen LogP contribution is -2.21. The highest BCUT2D eigenvalue weighted by Gasteiger charge is 2.04. The standard InChI is InChI=1S/C12H15N3OS/c1-8-6-10(17-9(8)2)7-14-11-12(16)15(3)5-4-13-11/h4-6H,7H2,1-3H3,(H,13,14). The zero-order valence-corrected chi connectivity index (χ0v) is 11.0. The van der Waals surface area contributed by atoms with Gasteiger partial charge in [0.05, 0.1) is 6.54 Å². The first-order valence-electron chi connectivity index (χ1n) is 5.39. The smallest absolute Gasteiger partial charge is 0.293 e. The number of nitrogens with zero attached hydrogens (tertiary/aromatic N) is 2. The molecule has 0 fully saturated rings. The molecule has 0 aliphatic heterocycles. The van der Waals surface area contributed by atoms with Crippen molar-refractivity contribution in [1.29, 1.82) is 0 Å². The molecule has 0 aromatic carbocycles. The van der Waals surface area contributed by atoms with E-state index >= 15 is 0 Å². The van der Waals surface area contributed by atoms with Crippen molar-refractivity contribution in [3.05, 3.63) is 44.1 Å². The lowest BCUT2D eigenvalue weighted by atomic mass is 10.3. The van der Waals surface area contributed by atoms with Crippen molar-refractivity contribution in [3.8, 4) is 0 Å². The number of aromatic nitrogens is 2. The highest BCUT2D eigenvalue weighted by atomic mass is 32.1. The second-order valence-corrected chi connectivity index (χ2v) is 5.34. The Kier molecular flexibility index (Phi) is 3.28. The second-order valence-electron chi connectivity index (χ2n) is 4.00. The van der Waals surface area contributed by atoms with E-state index in [2.05, 4.69) is 30.2 Å². The zero-order valence-electron chi connectivity index (χ0n) is 10.2. The van der Waals surface area contributed by atoms with Crippen LogP contribution in [-0.2, 0) is 13.6 Å². The molecule has 2 aromatic heterocycles. The van der Waals surface area contributed by atoms with Crippen LogP contribution in [0.25, 0.3) is 0 Å². The van der Waals surface area contributed by atoms with Crippen LogP contribution in [0.4, 0.5) is 5.82 Å². The van der Waals surface area contributed by atoms with Crippen molar-refractivity contribution in [2.24, 2.45) is 7.05 Å². The van der Waals surface area contributed by atoms with Crippen LogP contribution in [-0.4, -0.2) is 9.55 Å². The molecule has 0 bridgehead atoms. The fourth-order valence-corrected chi connectivity index (χ4v) is 2.52. The van der Waals surface area contributed by atoms with Gasteiger partial charge in [-0.05, 0) is 25.5 Å². The summed E-state index contributed by atoms with van der Waals surface area (Å²) in [4.78, 5) is 18.3. The van der Waals surface area contributed by atoms with Gasteiger partial charge in [-0.15, -0.1) is 11.3 Å². The van der Waals surface area contributed by atoms with E-state index < -0.39 is 0 Å². The normalized spacial score (nSPS) is 10.5. The molecule has 90 valence electrons. The van der Waals surface area contributed by atoms with Crippen molar-refractivity contribution in [3.63, 3.8) is 0 Å². The summed E-state index contributed by atoms with van der Waals surface area (Å²) in [5.74, 6) is 0.402. The Morgan fingerprint density at radius 2 is 2.24 bits per heavy atom. The van der Waals surface area contributed by atoms with Gasteiger partial charge in [-0.3, -0.25) is 4.79 Å². The molecule has 2 aromatic rings. The van der Waals surface area contributed by atoms with E-state index in [9.17, 15) is 4.79 Å². The summed E-state index contributed by atoms with van der Waals surface area (Å²) < 4.78 is 1.51. The molecule has 4 nitrogen and oxygen atoms in total. The largest absolute Gasteiger partial charge is 0.361 e. The lowest BCUT2D eigenvalue weighted by molar-refractivity contribution is 0.840. The highest BCUT2D eigenvalue weighted by molar-refractivity contribution is 7.12. The molecule has 0 aliphatic carbocycles. The minimum Gasteiger partial charge on any atom is -0.361 e. The van der Waals surface area contributed by atoms with Crippen molar-refractivity contribution in [2.75, 3.05) is 5.32 Å². The molecule has 17 heavy (non-hydrogen) atoms. The van der Waals surface area contributed by atoms with Gasteiger partial charge in [0.25, 0.3) is 5.56 Å². The Balaban J connectivity index is 2.12. The van der Waals surface area contributed by atoms with Crippen LogP contribution in [0.2, 0.25) is 0 Å². The molecule has 0 spiro atoms. The van der Waals surface area contributed by atoms with Crippen LogP contribution >= 0.6 is 11.3 Å². The molecule has 0 saturated carbocycles. The number of aryl methyl sites for hydroxylation is 3. The van der Waals surface area contributed by atoms with E-state index in [-0.39, 0.29) is 5.56 Å². The second kappa shape index (κ2) is 4.71. The van der Waals surface area contributed by atoms with E-state index in [4.69, 9.17) is 0 Å². The topological polar surface area (TPSA) is 46.9 Å². The van der Waals surface area contributed by atoms with E-state index in [1.54, 1.807) is 30.8 Å². The maximum Gasteiger partial charge on any atom is 0.293 e. The first-order valence-corrected chi connectivity index (χ1v) is 6.21. The van der Waals surface area contributed by atoms with E-state index in [0.29, 0.717) is 12.4 Å². The predicted molar refractivity (Wildman–Crippen MR) is 70.6 cm³/mol. The summed E-state index contributed by atoms with van der Waals surface area (Å²) in [6.07, 6.45) is 3.27. The Labute approximate surface area is 104 Å². The van der Waals surface area contributed by atoms with Crippen molar-refractivity contribution in [2.45, 2.75) is 20.4 Å². The Morgan fingerprint density at radius 3 is 2.88 bits per heavy atom. The van der Waals surface area contributed by atoms with Gasteiger partial charge in [-0.25, -0.2) is 4.98 Å². The maximum atomic E-state index is 11.7. The molecular weight excluding hydrogens is 234 g/mol. The minimum absolute atomic E-state index is 0.0995. The summed E-state index contributed by atoms with van der Waals surface area (Å²) in [5.41, 5.74) is 1.19. The van der Waals surface area contributed by atoms with Gasteiger partial charge in [0.1, 0.15) is 0 Å². The van der Waals surface area contributed by atoms with Gasteiger partial charge < -0.3 is 9.88 Å². The van der Waals surface area contributed by atoms with Crippen LogP contribution in [0.3, 0.4) is 0 Å². The number of anilines is 1. The molecule has 0 atom stereocenters. The maximum absolute atomic E-state index is 11.7. The van der Waals surface area contributed by atoms with Crippen LogP contribution in [0.5, 0.6) is 0 Å². The fourth-order valence-electron chi connectivity index (χ4n) is 1.53. The van der Waals surface area contributed by atoms with Gasteiger partial charge in [0.2, 0.25) is 0 Å². The molecule has 0 amide bonds. The van der Waals surface area contributed by atoms with E-state index in [1.807, 2.05) is 0 Å². The lowest BCUT2D eigenvalue weighted by Gasteiger charge is -2.04. The molecule has 2 heterocycles. The van der Waals surface area contributed by atoms with Crippen LogP contribution in [0.15, 0.2) is 23.3 Å². The van der Waals surface area contributed by atoms with Crippen LogP contribution in [0, 0.1) is 13.8 Å². The molecule has 2 rings (SSSR count). The van der Waals surface area contributed by atoms with Crippen LogP contribution < -0.4 is 10.9 Å². The molecule has 1 N–H and O–H groups in total. The van der Waals surface area contributed by atoms with Crippen molar-refractivity contribution >= 4 is 17.2 Å². The Morgan fingerprint density at radius 1 is 1.47 bits per heavy atom. The average Bonchev–Trinajstić information content (AvgIpc) is 2.61. The average molecular weight is 249 g/mol. The third kappa shape index (κ3) is 2.55. The van der Waals surface area contributed by atoms with Gasteiger partial charge in [-0.2, -0.15) is 0 Å². The predicted octanol–water partition coefficient (Wildman–Crippen LogP) is 2.07. The fraction of sp³-hybridized carbons (Fsp3) is 0.333. The van der Waals surface area contributed by atoms with Gasteiger partial charge in [-0.1, -0.05) is 0 Å². The van der Waals surface area contributed by atoms with Crippen LogP contribution in [0.1, 0.15) is 15.3 Å². The first-order chi connectivity index (χ1) is 8.08. The van der Waals surface area contributed by atoms with Gasteiger partial charge >= 0.3 is 0 Å². The van der Waals surface area contributed by atoms with E-state index in [1.165, 1.54) is 19.9 Å². The quantitative estimate of drug-likeness (QED) is 0.906. The molecule has 5 heteroatoms. The molecule has 0 radical (unpaired) electrons. The van der Waals surface area contributed by atoms with Crippen molar-refractivity contribution < 1.29 is 0 Å². The third-order valence-corrected chi connectivity index (χ3v) is 3.82. The zero-order chi connectivity index (χ0) is 12.4. The number of thiophene rings is 1. The molecule has 0 unspecified atom stereocenters. The monoisotopic (exact) mass is 249 g/mol. The Bertz CT molecular complexity index is 566.